The molecule has 0 aromatic heterocycles. The Morgan fingerprint density at radius 3 is 2.80 bits per heavy atom. The first-order valence-corrected chi connectivity index (χ1v) is 7.55. The fourth-order valence-corrected chi connectivity index (χ4v) is 1.80. The van der Waals surface area contributed by atoms with Crippen molar-refractivity contribution >= 4 is 49.9 Å². The van der Waals surface area contributed by atoms with Crippen molar-refractivity contribution in [3.05, 3.63) is 40.5 Å². The second-order valence-electron chi connectivity index (χ2n) is 3.93. The number of anilines is 1. The summed E-state index contributed by atoms with van der Waals surface area (Å²) in [4.78, 5) is 15.1. The molecule has 1 aromatic carbocycles. The minimum Gasteiger partial charge on any atom is -0.384 e. The van der Waals surface area contributed by atoms with Gasteiger partial charge in [-0.2, -0.15) is 4.99 Å². The molecule has 1 amide bonds. The smallest absolute Gasteiger partial charge is 0.247 e. The van der Waals surface area contributed by atoms with E-state index in [-0.39, 0.29) is 11.7 Å². The molecule has 20 heavy (non-hydrogen) atoms. The van der Waals surface area contributed by atoms with Gasteiger partial charge in [0.05, 0.1) is 10.0 Å². The predicted molar refractivity (Wildman–Crippen MR) is 89.7 cm³/mol. The molecule has 0 aliphatic rings. The number of rotatable bonds is 6. The van der Waals surface area contributed by atoms with Crippen molar-refractivity contribution < 1.29 is 4.79 Å². The maximum absolute atomic E-state index is 11.4. The average molecular weight is 332 g/mol. The Kier molecular flexibility index (Phi) is 7.60. The molecular weight excluding hydrogens is 316 g/mol. The van der Waals surface area contributed by atoms with Crippen LogP contribution in [-0.2, 0) is 4.79 Å². The summed E-state index contributed by atoms with van der Waals surface area (Å²) in [5, 5.41) is 3.91. The lowest BCUT2D eigenvalue weighted by Crippen LogP contribution is -2.11. The SMILES string of the molecule is NC(/C=C\Nc1ccc(Cl)c(Cl)c1)=NC(=O)CCCP. The van der Waals surface area contributed by atoms with E-state index in [1.807, 2.05) is 0 Å². The Morgan fingerprint density at radius 1 is 1.40 bits per heavy atom. The third-order valence-corrected chi connectivity index (χ3v) is 3.42. The molecule has 1 unspecified atom stereocenters. The van der Waals surface area contributed by atoms with E-state index < -0.39 is 0 Å². The van der Waals surface area contributed by atoms with Crippen LogP contribution in [0.3, 0.4) is 0 Å². The highest BCUT2D eigenvalue weighted by Gasteiger charge is 1.99. The summed E-state index contributed by atoms with van der Waals surface area (Å²) in [5.74, 6) is -0.0598. The summed E-state index contributed by atoms with van der Waals surface area (Å²) in [5.41, 5.74) is 6.38. The fourth-order valence-electron chi connectivity index (χ4n) is 1.30. The van der Waals surface area contributed by atoms with Gasteiger partial charge in [-0.3, -0.25) is 4.79 Å². The average Bonchev–Trinajstić information content (AvgIpc) is 2.40. The van der Waals surface area contributed by atoms with Gasteiger partial charge in [0.1, 0.15) is 5.84 Å². The van der Waals surface area contributed by atoms with E-state index in [1.54, 1.807) is 24.4 Å². The lowest BCUT2D eigenvalue weighted by molar-refractivity contribution is -0.117. The van der Waals surface area contributed by atoms with Crippen LogP contribution in [0.25, 0.3) is 0 Å². The third kappa shape index (κ3) is 6.38. The third-order valence-electron chi connectivity index (χ3n) is 2.27. The maximum atomic E-state index is 11.4. The molecule has 0 radical (unpaired) electrons. The number of nitrogens with two attached hydrogens (primary N) is 1. The first-order chi connectivity index (χ1) is 9.52. The van der Waals surface area contributed by atoms with Gasteiger partial charge in [0.2, 0.25) is 5.91 Å². The molecule has 4 nitrogen and oxygen atoms in total. The molecular formula is C13H16Cl2N3OP. The minimum absolute atomic E-state index is 0.159. The minimum atomic E-state index is -0.218. The van der Waals surface area contributed by atoms with E-state index in [4.69, 9.17) is 28.9 Å². The molecule has 0 spiro atoms. The Labute approximate surface area is 130 Å². The Hall–Kier alpha value is -1.09. The van der Waals surface area contributed by atoms with Gasteiger partial charge in [-0.1, -0.05) is 23.2 Å². The van der Waals surface area contributed by atoms with Crippen LogP contribution < -0.4 is 11.1 Å². The number of nitrogens with one attached hydrogen (secondary N) is 1. The van der Waals surface area contributed by atoms with Gasteiger partial charge in [-0.05, 0) is 36.9 Å². The molecule has 0 heterocycles. The zero-order chi connectivity index (χ0) is 15.0. The zero-order valence-electron chi connectivity index (χ0n) is 10.8. The second-order valence-corrected chi connectivity index (χ2v) is 5.32. The number of carbonyl (C=O) groups is 1. The molecule has 3 N–H and O–H groups in total. The number of aliphatic imine (C=N–C) groups is 1. The van der Waals surface area contributed by atoms with Crippen LogP contribution in [0.4, 0.5) is 5.69 Å². The van der Waals surface area contributed by atoms with Crippen molar-refractivity contribution in [3.8, 4) is 0 Å². The van der Waals surface area contributed by atoms with Crippen LogP contribution >= 0.6 is 32.4 Å². The fraction of sp³-hybridized carbons (Fsp3) is 0.231. The lowest BCUT2D eigenvalue weighted by atomic mass is 10.3. The first kappa shape index (κ1) is 17.0. The van der Waals surface area contributed by atoms with Gasteiger partial charge in [-0.15, -0.1) is 9.24 Å². The van der Waals surface area contributed by atoms with Crippen molar-refractivity contribution in [2.75, 3.05) is 11.5 Å². The largest absolute Gasteiger partial charge is 0.384 e. The van der Waals surface area contributed by atoms with Gasteiger partial charge >= 0.3 is 0 Å². The first-order valence-electron chi connectivity index (χ1n) is 5.98. The lowest BCUT2D eigenvalue weighted by Gasteiger charge is -2.02. The molecule has 0 bridgehead atoms. The van der Waals surface area contributed by atoms with Crippen LogP contribution in [0.15, 0.2) is 35.5 Å². The molecule has 0 saturated heterocycles. The molecule has 0 aliphatic carbocycles. The highest BCUT2D eigenvalue weighted by molar-refractivity contribution is 7.16. The number of nitrogens with zero attached hydrogens (tertiary/aromatic N) is 1. The summed E-state index contributed by atoms with van der Waals surface area (Å²) < 4.78 is 0. The van der Waals surface area contributed by atoms with Crippen LogP contribution in [0, 0.1) is 0 Å². The van der Waals surface area contributed by atoms with E-state index in [1.165, 1.54) is 6.08 Å². The van der Waals surface area contributed by atoms with Crippen molar-refractivity contribution in [1.29, 1.82) is 0 Å². The predicted octanol–water partition coefficient (Wildman–Crippen LogP) is 3.46. The van der Waals surface area contributed by atoms with E-state index in [0.29, 0.717) is 16.5 Å². The van der Waals surface area contributed by atoms with Crippen molar-refractivity contribution in [3.63, 3.8) is 0 Å². The molecule has 0 saturated carbocycles. The summed E-state index contributed by atoms with van der Waals surface area (Å²) in [6.45, 7) is 0. The monoisotopic (exact) mass is 331 g/mol. The van der Waals surface area contributed by atoms with Crippen molar-refractivity contribution in [2.24, 2.45) is 10.7 Å². The van der Waals surface area contributed by atoms with Gasteiger partial charge in [0.25, 0.3) is 0 Å². The maximum Gasteiger partial charge on any atom is 0.247 e. The van der Waals surface area contributed by atoms with Crippen LogP contribution in [0.5, 0.6) is 0 Å². The van der Waals surface area contributed by atoms with Crippen LogP contribution in [-0.4, -0.2) is 17.9 Å². The Bertz CT molecular complexity index is 532. The van der Waals surface area contributed by atoms with Gasteiger partial charge in [-0.25, -0.2) is 0 Å². The van der Waals surface area contributed by atoms with Crippen molar-refractivity contribution in [1.82, 2.24) is 0 Å². The van der Waals surface area contributed by atoms with E-state index in [9.17, 15) is 4.79 Å². The number of benzene rings is 1. The normalized spacial score (nSPS) is 11.8. The van der Waals surface area contributed by atoms with Gasteiger partial charge in [0.15, 0.2) is 0 Å². The second kappa shape index (κ2) is 8.96. The van der Waals surface area contributed by atoms with E-state index >= 15 is 0 Å². The highest BCUT2D eigenvalue weighted by Crippen LogP contribution is 2.24. The number of hydrogen-bond donors (Lipinski definition) is 2. The number of carbonyl (C=O) groups excluding carboxylic acids is 1. The summed E-state index contributed by atoms with van der Waals surface area (Å²) >= 11 is 11.7. The van der Waals surface area contributed by atoms with E-state index in [2.05, 4.69) is 19.5 Å². The number of halogens is 2. The number of amidine groups is 1. The number of amides is 1. The Balaban J connectivity index is 2.53. The van der Waals surface area contributed by atoms with Gasteiger partial charge < -0.3 is 11.1 Å². The summed E-state index contributed by atoms with van der Waals surface area (Å²) in [7, 11) is 2.56. The van der Waals surface area contributed by atoms with Crippen molar-refractivity contribution in [2.45, 2.75) is 12.8 Å². The molecule has 0 fully saturated rings. The highest BCUT2D eigenvalue weighted by atomic mass is 35.5. The van der Waals surface area contributed by atoms with Crippen LogP contribution in [0.2, 0.25) is 10.0 Å². The topological polar surface area (TPSA) is 67.5 Å². The molecule has 1 rings (SSSR count). The number of hydrogen-bond acceptors (Lipinski definition) is 2. The molecule has 108 valence electrons. The standard InChI is InChI=1S/C13H16Cl2N3OP/c14-10-4-3-9(8-11(10)15)17-6-5-12(16)18-13(19)2-1-7-20/h3-6,8,17H,1-2,7,20H2,(H2,16,18,19)/b6-5-. The van der Waals surface area contributed by atoms with Crippen LogP contribution in [0.1, 0.15) is 12.8 Å². The molecule has 1 aromatic rings. The zero-order valence-corrected chi connectivity index (χ0v) is 13.4. The quantitative estimate of drug-likeness (QED) is 0.476. The van der Waals surface area contributed by atoms with Gasteiger partial charge in [0, 0.05) is 18.3 Å². The molecule has 7 heteroatoms. The summed E-state index contributed by atoms with van der Waals surface area (Å²) in [6.07, 6.45) is 5.15. The van der Waals surface area contributed by atoms with E-state index in [0.717, 1.165) is 18.3 Å². The molecule has 1 atom stereocenters. The Morgan fingerprint density at radius 2 is 2.15 bits per heavy atom. The molecule has 0 aliphatic heterocycles. The summed E-state index contributed by atoms with van der Waals surface area (Å²) in [6, 6.07) is 5.14.